The SMILES string of the molecule is O=C(Nc1c(Cl)cc(C(F)(C(F)(F)F)C(F)(F)F)cc1OC(F)F)c1ccc2c(ccc[n+]2O)c1. The zero-order chi connectivity index (χ0) is 26.3. The molecule has 0 bridgehead atoms. The van der Waals surface area contributed by atoms with Crippen molar-refractivity contribution in [3.05, 3.63) is 64.8 Å². The van der Waals surface area contributed by atoms with Gasteiger partial charge in [-0.3, -0.25) is 10.0 Å². The van der Waals surface area contributed by atoms with Crippen LogP contribution in [0.3, 0.4) is 0 Å². The quantitative estimate of drug-likeness (QED) is 0.235. The summed E-state index contributed by atoms with van der Waals surface area (Å²) >= 11 is 5.69. The van der Waals surface area contributed by atoms with Gasteiger partial charge in [0.1, 0.15) is 5.69 Å². The van der Waals surface area contributed by atoms with Crippen LogP contribution in [0.1, 0.15) is 15.9 Å². The lowest BCUT2D eigenvalue weighted by Gasteiger charge is -2.31. The summed E-state index contributed by atoms with van der Waals surface area (Å²) in [5.41, 5.74) is -9.01. The smallest absolute Gasteiger partial charge is 0.433 e. The molecule has 0 aliphatic heterocycles. The van der Waals surface area contributed by atoms with Gasteiger partial charge in [-0.05, 0) is 30.3 Å². The van der Waals surface area contributed by atoms with Crippen LogP contribution in [0.25, 0.3) is 10.9 Å². The number of nitrogens with zero attached hydrogens (tertiary/aromatic N) is 1. The first-order chi connectivity index (χ1) is 16.1. The predicted octanol–water partition coefficient (Wildman–Crippen LogP) is 6.16. The van der Waals surface area contributed by atoms with Gasteiger partial charge in [0.25, 0.3) is 11.4 Å². The second-order valence-electron chi connectivity index (χ2n) is 6.94. The average molecular weight is 534 g/mol. The van der Waals surface area contributed by atoms with Crippen molar-refractivity contribution in [1.29, 1.82) is 0 Å². The summed E-state index contributed by atoms with van der Waals surface area (Å²) in [6.07, 6.45) is -11.8. The minimum absolute atomic E-state index is 0.106. The van der Waals surface area contributed by atoms with Crippen molar-refractivity contribution in [1.82, 2.24) is 0 Å². The molecule has 3 aromatic rings. The van der Waals surface area contributed by atoms with E-state index in [0.717, 1.165) is 4.73 Å². The zero-order valence-corrected chi connectivity index (χ0v) is 17.4. The van der Waals surface area contributed by atoms with Crippen molar-refractivity contribution in [2.24, 2.45) is 0 Å². The summed E-state index contributed by atoms with van der Waals surface area (Å²) in [7, 11) is 0. The van der Waals surface area contributed by atoms with E-state index in [1.807, 2.05) is 5.32 Å². The first kappa shape index (κ1) is 26.2. The van der Waals surface area contributed by atoms with Gasteiger partial charge in [0.05, 0.1) is 10.4 Å². The second-order valence-corrected chi connectivity index (χ2v) is 7.35. The Balaban J connectivity index is 2.09. The number of ether oxygens (including phenoxy) is 1. The predicted molar refractivity (Wildman–Crippen MR) is 102 cm³/mol. The number of rotatable bonds is 5. The molecular formula is C20H11ClF9N2O3+. The number of hydrogen-bond donors (Lipinski definition) is 2. The summed E-state index contributed by atoms with van der Waals surface area (Å²) in [5.74, 6) is -2.53. The number of nitrogens with one attached hydrogen (secondary N) is 1. The Hall–Kier alpha value is -3.42. The van der Waals surface area contributed by atoms with Crippen LogP contribution in [0, 0.1) is 0 Å². The monoisotopic (exact) mass is 533 g/mol. The van der Waals surface area contributed by atoms with E-state index in [9.17, 15) is 49.5 Å². The summed E-state index contributed by atoms with van der Waals surface area (Å²) in [6, 6.07) is 6.21. The Morgan fingerprint density at radius 3 is 2.20 bits per heavy atom. The van der Waals surface area contributed by atoms with E-state index < -0.39 is 52.6 Å². The van der Waals surface area contributed by atoms with Gasteiger partial charge >= 0.3 is 24.6 Å². The van der Waals surface area contributed by atoms with Gasteiger partial charge in [0.2, 0.25) is 6.20 Å². The van der Waals surface area contributed by atoms with Crippen LogP contribution in [-0.4, -0.2) is 30.1 Å². The number of fused-ring (bicyclic) bond motifs is 1. The van der Waals surface area contributed by atoms with Gasteiger partial charge in [-0.15, -0.1) is 0 Å². The Morgan fingerprint density at radius 1 is 1.00 bits per heavy atom. The molecule has 1 aromatic heterocycles. The van der Waals surface area contributed by atoms with Crippen molar-refractivity contribution in [2.45, 2.75) is 24.6 Å². The highest BCUT2D eigenvalue weighted by atomic mass is 35.5. The number of carbonyl (C=O) groups is 1. The molecule has 0 radical (unpaired) electrons. The number of carbonyl (C=O) groups excluding carboxylic acids is 1. The topological polar surface area (TPSA) is 62.4 Å². The van der Waals surface area contributed by atoms with Crippen molar-refractivity contribution >= 4 is 34.1 Å². The number of alkyl halides is 9. The summed E-state index contributed by atoms with van der Waals surface area (Å²) < 4.78 is 123. The Morgan fingerprint density at radius 2 is 1.63 bits per heavy atom. The molecule has 188 valence electrons. The molecule has 0 atom stereocenters. The molecule has 0 aliphatic rings. The molecule has 0 spiro atoms. The zero-order valence-electron chi connectivity index (χ0n) is 16.7. The lowest BCUT2D eigenvalue weighted by Crippen LogP contribution is -2.50. The fraction of sp³-hybridized carbons (Fsp3) is 0.200. The Bertz CT molecular complexity index is 1270. The second kappa shape index (κ2) is 8.98. The van der Waals surface area contributed by atoms with E-state index in [1.54, 1.807) is 0 Å². The molecule has 0 fully saturated rings. The van der Waals surface area contributed by atoms with E-state index in [-0.39, 0.29) is 23.2 Å². The van der Waals surface area contributed by atoms with E-state index in [2.05, 4.69) is 4.74 Å². The molecule has 0 saturated heterocycles. The van der Waals surface area contributed by atoms with Gasteiger partial charge in [-0.2, -0.15) is 35.1 Å². The highest BCUT2D eigenvalue weighted by molar-refractivity contribution is 6.34. The van der Waals surface area contributed by atoms with Crippen molar-refractivity contribution < 1.29 is 59.0 Å². The van der Waals surface area contributed by atoms with E-state index in [1.165, 1.54) is 36.5 Å². The highest BCUT2D eigenvalue weighted by Gasteiger charge is 2.73. The van der Waals surface area contributed by atoms with Gasteiger partial charge in [0.15, 0.2) is 5.75 Å². The molecule has 1 heterocycles. The molecule has 3 rings (SSSR count). The van der Waals surface area contributed by atoms with Crippen LogP contribution in [0.5, 0.6) is 5.75 Å². The molecule has 5 nitrogen and oxygen atoms in total. The Kier molecular flexibility index (Phi) is 6.72. The third-order valence-corrected chi connectivity index (χ3v) is 5.03. The van der Waals surface area contributed by atoms with Crippen molar-refractivity contribution in [3.8, 4) is 5.75 Å². The summed E-state index contributed by atoms with van der Waals surface area (Å²) in [6.45, 7) is -3.79. The molecule has 35 heavy (non-hydrogen) atoms. The number of halogens is 10. The fourth-order valence-corrected chi connectivity index (χ4v) is 3.37. The van der Waals surface area contributed by atoms with Crippen LogP contribution in [0.15, 0.2) is 48.7 Å². The molecule has 15 heteroatoms. The van der Waals surface area contributed by atoms with E-state index in [4.69, 9.17) is 11.6 Å². The minimum Gasteiger partial charge on any atom is -0.433 e. The van der Waals surface area contributed by atoms with E-state index >= 15 is 0 Å². The third-order valence-electron chi connectivity index (χ3n) is 4.73. The number of aromatic nitrogens is 1. The minimum atomic E-state index is -6.55. The van der Waals surface area contributed by atoms with Gasteiger partial charge < -0.3 is 10.1 Å². The molecular weight excluding hydrogens is 523 g/mol. The van der Waals surface area contributed by atoms with Gasteiger partial charge in [0, 0.05) is 28.0 Å². The van der Waals surface area contributed by atoms with Crippen LogP contribution in [0.4, 0.5) is 45.2 Å². The van der Waals surface area contributed by atoms with E-state index in [0.29, 0.717) is 5.39 Å². The standard InChI is InChI=1S/C20H10ClF9N2O3/c21-12-7-11(18(24,19(25,26)27)20(28,29)30)8-14(35-17(22)23)15(12)31-16(33)10-3-4-13-9(6-10)2-1-5-32(13)34/h1-8,17H,(H-,31,33,34)/p+1. The number of anilines is 1. The van der Waals surface area contributed by atoms with Gasteiger partial charge in [-0.25, -0.2) is 4.39 Å². The lowest BCUT2D eigenvalue weighted by atomic mass is 9.93. The average Bonchev–Trinajstić information content (AvgIpc) is 2.73. The normalized spacial score (nSPS) is 12.8. The molecule has 2 N–H and O–H groups in total. The maximum atomic E-state index is 14.4. The molecule has 0 saturated carbocycles. The van der Waals surface area contributed by atoms with Crippen molar-refractivity contribution in [3.63, 3.8) is 0 Å². The van der Waals surface area contributed by atoms with Crippen LogP contribution >= 0.6 is 11.6 Å². The van der Waals surface area contributed by atoms with Gasteiger partial charge in [-0.1, -0.05) is 11.6 Å². The number of benzene rings is 2. The summed E-state index contributed by atoms with van der Waals surface area (Å²) in [4.78, 5) is 12.6. The van der Waals surface area contributed by atoms with Crippen LogP contribution < -0.4 is 14.8 Å². The molecule has 0 aliphatic carbocycles. The number of pyridine rings is 1. The maximum Gasteiger partial charge on any atom is 0.435 e. The largest absolute Gasteiger partial charge is 0.435 e. The first-order valence-electron chi connectivity index (χ1n) is 9.12. The third kappa shape index (κ3) is 4.88. The highest BCUT2D eigenvalue weighted by Crippen LogP contribution is 2.55. The Labute approximate surface area is 194 Å². The number of amides is 1. The van der Waals surface area contributed by atoms with Crippen molar-refractivity contribution in [2.75, 3.05) is 5.32 Å². The summed E-state index contributed by atoms with van der Waals surface area (Å²) in [5, 5.41) is 10.9. The first-order valence-corrected chi connectivity index (χ1v) is 9.50. The lowest BCUT2D eigenvalue weighted by molar-refractivity contribution is -0.884. The molecule has 0 unspecified atom stereocenters. The van der Waals surface area contributed by atoms with Crippen LogP contribution in [0.2, 0.25) is 5.02 Å². The number of hydrogen-bond acceptors (Lipinski definition) is 3. The van der Waals surface area contributed by atoms with Crippen LogP contribution in [-0.2, 0) is 5.67 Å². The fourth-order valence-electron chi connectivity index (χ4n) is 3.11. The molecule has 2 aromatic carbocycles. The maximum absolute atomic E-state index is 14.4. The molecule has 1 amide bonds.